The maximum atomic E-state index is 11.4. The van der Waals surface area contributed by atoms with Crippen LogP contribution in [0.25, 0.3) is 0 Å². The summed E-state index contributed by atoms with van der Waals surface area (Å²) >= 11 is 0. The molecule has 16 heavy (non-hydrogen) atoms. The molecule has 2 heterocycles. The number of imide groups is 2. The van der Waals surface area contributed by atoms with Crippen molar-refractivity contribution in [1.82, 2.24) is 20.4 Å². The molecule has 0 unspecified atom stereocenters. The summed E-state index contributed by atoms with van der Waals surface area (Å²) in [6.45, 7) is 2.43. The van der Waals surface area contributed by atoms with Crippen molar-refractivity contribution in [2.24, 2.45) is 0 Å². The third-order valence-corrected chi connectivity index (χ3v) is 2.51. The van der Waals surface area contributed by atoms with Crippen LogP contribution in [0.4, 0.5) is 9.59 Å². The molecule has 2 aliphatic heterocycles. The first-order chi connectivity index (χ1) is 7.43. The lowest BCUT2D eigenvalue weighted by atomic mass is 10.3. The van der Waals surface area contributed by atoms with E-state index >= 15 is 0 Å². The molecule has 86 valence electrons. The monoisotopic (exact) mass is 226 g/mol. The maximum absolute atomic E-state index is 11.4. The second-order valence-corrected chi connectivity index (χ2v) is 3.57. The molecular formula is C8H10N4O4. The molecule has 2 saturated heterocycles. The Bertz CT molecular complexity index is 369. The van der Waals surface area contributed by atoms with Gasteiger partial charge in [0.25, 0.3) is 0 Å². The van der Waals surface area contributed by atoms with Gasteiger partial charge in [0.1, 0.15) is 0 Å². The highest BCUT2D eigenvalue weighted by atomic mass is 16.2. The van der Waals surface area contributed by atoms with Crippen molar-refractivity contribution in [2.75, 3.05) is 0 Å². The average molecular weight is 226 g/mol. The molecule has 0 spiro atoms. The summed E-state index contributed by atoms with van der Waals surface area (Å²) in [4.78, 5) is 47.0. The van der Waals surface area contributed by atoms with E-state index in [0.29, 0.717) is 0 Å². The molecule has 2 N–H and O–H groups in total. The van der Waals surface area contributed by atoms with Crippen LogP contribution in [0.1, 0.15) is 13.8 Å². The number of nitrogens with zero attached hydrogens (tertiary/aromatic N) is 2. The molecule has 0 aromatic heterocycles. The second-order valence-electron chi connectivity index (χ2n) is 3.57. The standard InChI is InChI=1S/C8H10N4O4/c1-3(13)11-5-6(10-7(11)15)12(4(2)14)8(16)9-5/h5-6H,1-2H3,(H,9,16)(H,10,15)/t5-,6-/m1/s1. The highest BCUT2D eigenvalue weighted by Crippen LogP contribution is 2.21. The average Bonchev–Trinajstić information content (AvgIpc) is 2.55. The molecule has 2 rings (SSSR count). The SMILES string of the molecule is CC(=O)N1C(=O)N[C@H]2[C@@H]1NC(=O)N2C(C)=O. The van der Waals surface area contributed by atoms with E-state index in [2.05, 4.69) is 10.6 Å². The van der Waals surface area contributed by atoms with Crippen molar-refractivity contribution < 1.29 is 19.2 Å². The van der Waals surface area contributed by atoms with Gasteiger partial charge in [-0.05, 0) is 0 Å². The summed E-state index contributed by atoms with van der Waals surface area (Å²) in [6.07, 6.45) is -1.64. The molecule has 0 radical (unpaired) electrons. The maximum Gasteiger partial charge on any atom is 0.327 e. The molecule has 2 fully saturated rings. The first-order valence-electron chi connectivity index (χ1n) is 4.64. The smallest absolute Gasteiger partial charge is 0.313 e. The highest BCUT2D eigenvalue weighted by molar-refractivity contribution is 6.01. The predicted molar refractivity (Wildman–Crippen MR) is 49.7 cm³/mol. The Morgan fingerprint density at radius 2 is 1.25 bits per heavy atom. The van der Waals surface area contributed by atoms with Crippen molar-refractivity contribution in [2.45, 2.75) is 26.2 Å². The molecule has 2 aliphatic rings. The van der Waals surface area contributed by atoms with Gasteiger partial charge in [-0.2, -0.15) is 0 Å². The number of hydrogen-bond acceptors (Lipinski definition) is 4. The molecule has 0 aromatic rings. The number of rotatable bonds is 0. The largest absolute Gasteiger partial charge is 0.327 e. The van der Waals surface area contributed by atoms with E-state index < -0.39 is 36.2 Å². The van der Waals surface area contributed by atoms with Gasteiger partial charge in [-0.1, -0.05) is 0 Å². The molecule has 8 nitrogen and oxygen atoms in total. The lowest BCUT2D eigenvalue weighted by Crippen LogP contribution is -2.45. The van der Waals surface area contributed by atoms with Crippen molar-refractivity contribution in [1.29, 1.82) is 0 Å². The summed E-state index contributed by atoms with van der Waals surface area (Å²) in [6, 6.07) is -1.23. The van der Waals surface area contributed by atoms with Crippen molar-refractivity contribution in [3.8, 4) is 0 Å². The fraction of sp³-hybridized carbons (Fsp3) is 0.500. The number of carbonyl (C=O) groups is 4. The third kappa shape index (κ3) is 1.23. The molecule has 2 atom stereocenters. The Morgan fingerprint density at radius 1 is 0.938 bits per heavy atom. The van der Waals surface area contributed by atoms with Crippen LogP contribution in [0.2, 0.25) is 0 Å². The zero-order valence-corrected chi connectivity index (χ0v) is 8.68. The zero-order chi connectivity index (χ0) is 12.0. The van der Waals surface area contributed by atoms with E-state index in [4.69, 9.17) is 0 Å². The Morgan fingerprint density at radius 3 is 1.50 bits per heavy atom. The second kappa shape index (κ2) is 3.19. The molecule has 0 saturated carbocycles. The summed E-state index contributed by atoms with van der Waals surface area (Å²) in [5, 5.41) is 4.79. The van der Waals surface area contributed by atoms with Gasteiger partial charge in [-0.3, -0.25) is 9.59 Å². The van der Waals surface area contributed by atoms with Crippen LogP contribution in [-0.4, -0.2) is 46.0 Å². The normalized spacial score (nSPS) is 27.6. The summed E-state index contributed by atoms with van der Waals surface area (Å²) < 4.78 is 0. The van der Waals surface area contributed by atoms with E-state index in [1.54, 1.807) is 0 Å². The van der Waals surface area contributed by atoms with Gasteiger partial charge in [-0.15, -0.1) is 0 Å². The molecule has 0 bridgehead atoms. The highest BCUT2D eigenvalue weighted by Gasteiger charge is 2.53. The molecule has 0 aromatic carbocycles. The number of fused-ring (bicyclic) bond motifs is 1. The lowest BCUT2D eigenvalue weighted by molar-refractivity contribution is -0.130. The van der Waals surface area contributed by atoms with E-state index in [0.717, 1.165) is 9.80 Å². The Labute approximate surface area is 90.5 Å². The number of nitrogens with one attached hydrogen (secondary N) is 2. The van der Waals surface area contributed by atoms with Crippen LogP contribution < -0.4 is 10.6 Å². The van der Waals surface area contributed by atoms with Crippen molar-refractivity contribution >= 4 is 23.9 Å². The fourth-order valence-corrected chi connectivity index (χ4v) is 1.89. The fourth-order valence-electron chi connectivity index (χ4n) is 1.89. The number of hydrogen-bond donors (Lipinski definition) is 2. The van der Waals surface area contributed by atoms with Crippen molar-refractivity contribution in [3.05, 3.63) is 0 Å². The van der Waals surface area contributed by atoms with Gasteiger partial charge in [-0.25, -0.2) is 19.4 Å². The molecule has 0 aliphatic carbocycles. The van der Waals surface area contributed by atoms with Gasteiger partial charge < -0.3 is 10.6 Å². The van der Waals surface area contributed by atoms with Crippen LogP contribution in [0, 0.1) is 0 Å². The van der Waals surface area contributed by atoms with Crippen LogP contribution in [-0.2, 0) is 9.59 Å². The van der Waals surface area contributed by atoms with Gasteiger partial charge in [0.15, 0.2) is 12.3 Å². The summed E-state index contributed by atoms with van der Waals surface area (Å²) in [7, 11) is 0. The van der Waals surface area contributed by atoms with E-state index in [-0.39, 0.29) is 0 Å². The predicted octanol–water partition coefficient (Wildman–Crippen LogP) is -1.22. The minimum Gasteiger partial charge on any atom is -0.313 e. The third-order valence-electron chi connectivity index (χ3n) is 2.51. The Balaban J connectivity index is 2.32. The van der Waals surface area contributed by atoms with Crippen LogP contribution in [0.15, 0.2) is 0 Å². The summed E-state index contributed by atoms with van der Waals surface area (Å²) in [5.74, 6) is -0.980. The Kier molecular flexibility index (Phi) is 2.07. The number of urea groups is 2. The van der Waals surface area contributed by atoms with Crippen molar-refractivity contribution in [3.63, 3.8) is 0 Å². The molecule has 8 heteroatoms. The summed E-state index contributed by atoms with van der Waals surface area (Å²) in [5.41, 5.74) is 0. The molecular weight excluding hydrogens is 216 g/mol. The van der Waals surface area contributed by atoms with Crippen LogP contribution >= 0.6 is 0 Å². The van der Waals surface area contributed by atoms with E-state index in [1.807, 2.05) is 0 Å². The Hall–Kier alpha value is -2.12. The topological polar surface area (TPSA) is 98.8 Å². The minimum atomic E-state index is -0.818. The van der Waals surface area contributed by atoms with Gasteiger partial charge in [0.05, 0.1) is 0 Å². The first kappa shape index (κ1) is 10.4. The van der Waals surface area contributed by atoms with E-state index in [1.165, 1.54) is 13.8 Å². The zero-order valence-electron chi connectivity index (χ0n) is 8.68. The quantitative estimate of drug-likeness (QED) is 0.541. The minimum absolute atomic E-state index is 0.490. The lowest BCUT2D eigenvalue weighted by Gasteiger charge is -2.17. The van der Waals surface area contributed by atoms with Gasteiger partial charge in [0.2, 0.25) is 11.8 Å². The van der Waals surface area contributed by atoms with Gasteiger partial charge in [0, 0.05) is 13.8 Å². The van der Waals surface area contributed by atoms with E-state index in [9.17, 15) is 19.2 Å². The number of amides is 6. The first-order valence-corrected chi connectivity index (χ1v) is 4.64. The molecule has 6 amide bonds. The van der Waals surface area contributed by atoms with Gasteiger partial charge >= 0.3 is 12.1 Å². The number of carbonyl (C=O) groups excluding carboxylic acids is 4. The van der Waals surface area contributed by atoms with Crippen LogP contribution in [0.5, 0.6) is 0 Å². The van der Waals surface area contributed by atoms with Crippen LogP contribution in [0.3, 0.4) is 0 Å².